The van der Waals surface area contributed by atoms with Gasteiger partial charge in [-0.15, -0.1) is 0 Å². The molecule has 0 N–H and O–H groups in total. The quantitative estimate of drug-likeness (QED) is 0.696. The summed E-state index contributed by atoms with van der Waals surface area (Å²) in [5, 5.41) is 0. The predicted molar refractivity (Wildman–Crippen MR) is 62.2 cm³/mol. The fourth-order valence-electron chi connectivity index (χ4n) is 3.19. The molecule has 1 saturated carbocycles. The molecule has 15 heavy (non-hydrogen) atoms. The highest BCUT2D eigenvalue weighted by molar-refractivity contribution is 5.49. The number of pyridine rings is 1. The molecule has 2 unspecified atom stereocenters. The Morgan fingerprint density at radius 3 is 2.80 bits per heavy atom. The first kappa shape index (κ1) is 9.20. The lowest BCUT2D eigenvalue weighted by molar-refractivity contribution is 0.549. The van der Waals surface area contributed by atoms with Gasteiger partial charge in [0.1, 0.15) is 5.82 Å². The number of fused-ring (bicyclic) bond motifs is 2. The molecule has 2 nitrogen and oxygen atoms in total. The molecule has 0 amide bonds. The number of aryl methyl sites for hydroxylation is 2. The van der Waals surface area contributed by atoms with E-state index in [4.69, 9.17) is 0 Å². The monoisotopic (exact) mass is 202 g/mol. The highest BCUT2D eigenvalue weighted by Crippen LogP contribution is 2.40. The zero-order chi connectivity index (χ0) is 10.4. The Bertz CT molecular complexity index is 386. The van der Waals surface area contributed by atoms with Crippen molar-refractivity contribution in [3.8, 4) is 0 Å². The van der Waals surface area contributed by atoms with E-state index in [9.17, 15) is 0 Å². The molecule has 2 atom stereocenters. The maximum atomic E-state index is 4.60. The van der Waals surface area contributed by atoms with E-state index in [2.05, 4.69) is 29.8 Å². The number of anilines is 1. The molecule has 1 aromatic heterocycles. The van der Waals surface area contributed by atoms with E-state index in [1.165, 1.54) is 42.8 Å². The summed E-state index contributed by atoms with van der Waals surface area (Å²) in [5.74, 6) is 2.17. The van der Waals surface area contributed by atoms with E-state index in [-0.39, 0.29) is 0 Å². The molecule has 2 aliphatic rings. The van der Waals surface area contributed by atoms with Crippen LogP contribution < -0.4 is 4.90 Å². The molecule has 0 spiro atoms. The highest BCUT2D eigenvalue weighted by Gasteiger charge is 2.38. The van der Waals surface area contributed by atoms with Crippen LogP contribution in [-0.2, 0) is 0 Å². The molecule has 0 aromatic carbocycles. The number of aromatic nitrogens is 1. The van der Waals surface area contributed by atoms with Crippen LogP contribution in [0.3, 0.4) is 0 Å². The van der Waals surface area contributed by atoms with Crippen LogP contribution >= 0.6 is 0 Å². The Hall–Kier alpha value is -1.05. The van der Waals surface area contributed by atoms with Crippen LogP contribution in [0.15, 0.2) is 12.3 Å². The Kier molecular flexibility index (Phi) is 1.98. The Labute approximate surface area is 91.3 Å². The van der Waals surface area contributed by atoms with Gasteiger partial charge in [0.15, 0.2) is 0 Å². The SMILES string of the molecule is Cc1cnc(N2CC3CCC2C3)c(C)c1. The standard InChI is InChI=1S/C13H18N2/c1-9-5-10(2)13(14-7-9)15-8-11-3-4-12(15)6-11/h5,7,11-12H,3-4,6,8H2,1-2H3. The minimum Gasteiger partial charge on any atom is -0.353 e. The molecule has 2 heteroatoms. The van der Waals surface area contributed by atoms with Gasteiger partial charge in [-0.1, -0.05) is 6.07 Å². The van der Waals surface area contributed by atoms with Crippen molar-refractivity contribution in [2.45, 2.75) is 39.2 Å². The Morgan fingerprint density at radius 1 is 1.33 bits per heavy atom. The zero-order valence-electron chi connectivity index (χ0n) is 9.53. The summed E-state index contributed by atoms with van der Waals surface area (Å²) in [4.78, 5) is 7.14. The van der Waals surface area contributed by atoms with Crippen molar-refractivity contribution in [3.63, 3.8) is 0 Å². The van der Waals surface area contributed by atoms with Gasteiger partial charge in [0.2, 0.25) is 0 Å². The average molecular weight is 202 g/mol. The van der Waals surface area contributed by atoms with Crippen molar-refractivity contribution in [2.24, 2.45) is 5.92 Å². The van der Waals surface area contributed by atoms with Crippen LogP contribution in [0, 0.1) is 19.8 Å². The molecule has 1 saturated heterocycles. The molecule has 2 fully saturated rings. The van der Waals surface area contributed by atoms with Crippen molar-refractivity contribution < 1.29 is 0 Å². The van der Waals surface area contributed by atoms with Gasteiger partial charge < -0.3 is 4.90 Å². The third kappa shape index (κ3) is 1.43. The van der Waals surface area contributed by atoms with Crippen molar-refractivity contribution in [2.75, 3.05) is 11.4 Å². The summed E-state index contributed by atoms with van der Waals surface area (Å²) in [6.07, 6.45) is 6.20. The molecular formula is C13H18N2. The lowest BCUT2D eigenvalue weighted by Gasteiger charge is -2.29. The van der Waals surface area contributed by atoms with Crippen LogP contribution in [0.4, 0.5) is 5.82 Å². The highest BCUT2D eigenvalue weighted by atomic mass is 15.2. The van der Waals surface area contributed by atoms with Crippen molar-refractivity contribution in [1.29, 1.82) is 0 Å². The third-order valence-electron chi connectivity index (χ3n) is 3.87. The fraction of sp³-hybridized carbons (Fsp3) is 0.615. The van der Waals surface area contributed by atoms with Crippen molar-refractivity contribution in [1.82, 2.24) is 4.98 Å². The summed E-state index contributed by atoms with van der Waals surface area (Å²) in [5.41, 5.74) is 2.60. The van der Waals surface area contributed by atoms with Gasteiger partial charge >= 0.3 is 0 Å². The van der Waals surface area contributed by atoms with Gasteiger partial charge in [0.05, 0.1) is 0 Å². The summed E-state index contributed by atoms with van der Waals surface area (Å²) in [6, 6.07) is 3.03. The molecule has 2 bridgehead atoms. The van der Waals surface area contributed by atoms with E-state index in [0.717, 1.165) is 12.0 Å². The number of piperidine rings is 1. The minimum absolute atomic E-state index is 0.781. The van der Waals surface area contributed by atoms with Crippen LogP contribution in [0.2, 0.25) is 0 Å². The maximum absolute atomic E-state index is 4.60. The Morgan fingerprint density at radius 2 is 2.20 bits per heavy atom. The van der Waals surface area contributed by atoms with Crippen LogP contribution in [0.5, 0.6) is 0 Å². The van der Waals surface area contributed by atoms with Gasteiger partial charge in [-0.3, -0.25) is 0 Å². The van der Waals surface area contributed by atoms with E-state index >= 15 is 0 Å². The molecule has 1 aliphatic heterocycles. The first-order chi connectivity index (χ1) is 7.24. The summed E-state index contributed by atoms with van der Waals surface area (Å²) < 4.78 is 0. The van der Waals surface area contributed by atoms with Gasteiger partial charge in [0, 0.05) is 18.8 Å². The predicted octanol–water partition coefficient (Wildman–Crippen LogP) is 2.69. The summed E-state index contributed by atoms with van der Waals surface area (Å²) in [6.45, 7) is 5.53. The number of nitrogens with zero attached hydrogens (tertiary/aromatic N) is 2. The van der Waals surface area contributed by atoms with Gasteiger partial charge in [0.25, 0.3) is 0 Å². The number of hydrogen-bond acceptors (Lipinski definition) is 2. The molecule has 0 radical (unpaired) electrons. The summed E-state index contributed by atoms with van der Waals surface area (Å²) in [7, 11) is 0. The van der Waals surface area contributed by atoms with E-state index in [1.807, 2.05) is 6.20 Å². The lowest BCUT2D eigenvalue weighted by atomic mass is 10.1. The van der Waals surface area contributed by atoms with Crippen LogP contribution in [0.25, 0.3) is 0 Å². The van der Waals surface area contributed by atoms with Gasteiger partial charge in [-0.2, -0.15) is 0 Å². The van der Waals surface area contributed by atoms with Gasteiger partial charge in [-0.05, 0) is 50.2 Å². The topological polar surface area (TPSA) is 16.1 Å². The average Bonchev–Trinajstić information content (AvgIpc) is 2.78. The normalized spacial score (nSPS) is 28.8. The first-order valence-corrected chi connectivity index (χ1v) is 5.94. The summed E-state index contributed by atoms with van der Waals surface area (Å²) >= 11 is 0. The minimum atomic E-state index is 0.781. The third-order valence-corrected chi connectivity index (χ3v) is 3.87. The van der Waals surface area contributed by atoms with Crippen molar-refractivity contribution >= 4 is 5.82 Å². The van der Waals surface area contributed by atoms with Crippen LogP contribution in [-0.4, -0.2) is 17.6 Å². The lowest BCUT2D eigenvalue weighted by Crippen LogP contribution is -2.33. The molecule has 3 rings (SSSR count). The van der Waals surface area contributed by atoms with E-state index in [0.29, 0.717) is 0 Å². The molecule has 2 heterocycles. The second-order valence-electron chi connectivity index (χ2n) is 5.14. The second kappa shape index (κ2) is 3.22. The zero-order valence-corrected chi connectivity index (χ0v) is 9.53. The second-order valence-corrected chi connectivity index (χ2v) is 5.14. The van der Waals surface area contributed by atoms with Gasteiger partial charge in [-0.25, -0.2) is 4.98 Å². The van der Waals surface area contributed by atoms with E-state index in [1.54, 1.807) is 0 Å². The largest absolute Gasteiger partial charge is 0.353 e. The number of rotatable bonds is 1. The fourth-order valence-corrected chi connectivity index (χ4v) is 3.19. The first-order valence-electron chi connectivity index (χ1n) is 5.94. The molecular weight excluding hydrogens is 184 g/mol. The number of hydrogen-bond donors (Lipinski definition) is 0. The molecule has 80 valence electrons. The van der Waals surface area contributed by atoms with E-state index < -0.39 is 0 Å². The maximum Gasteiger partial charge on any atom is 0.131 e. The van der Waals surface area contributed by atoms with Crippen molar-refractivity contribution in [3.05, 3.63) is 23.4 Å². The van der Waals surface area contributed by atoms with Crippen LogP contribution in [0.1, 0.15) is 30.4 Å². The smallest absolute Gasteiger partial charge is 0.131 e. The Balaban J connectivity index is 1.93. The molecule has 1 aliphatic carbocycles. The molecule has 1 aromatic rings.